The van der Waals surface area contributed by atoms with Crippen LogP contribution in [0.25, 0.3) is 0 Å². The minimum absolute atomic E-state index is 0.139. The van der Waals surface area contributed by atoms with Crippen LogP contribution < -0.4 is 0 Å². The quantitative estimate of drug-likeness (QED) is 0.454. The molecule has 0 unspecified atom stereocenters. The van der Waals surface area contributed by atoms with Crippen LogP contribution in [0, 0.1) is 0 Å². The van der Waals surface area contributed by atoms with Gasteiger partial charge in [0.25, 0.3) is 0 Å². The van der Waals surface area contributed by atoms with Crippen LogP contribution in [-0.2, 0) is 4.79 Å². The van der Waals surface area contributed by atoms with Gasteiger partial charge in [0.2, 0.25) is 0 Å². The monoisotopic (exact) mass is 163 g/mol. The van der Waals surface area contributed by atoms with Gasteiger partial charge < -0.3 is 0 Å². The molecule has 1 aliphatic heterocycles. The number of hydrogen-bond acceptors (Lipinski definition) is 3. The first-order chi connectivity index (χ1) is 4.34. The lowest BCUT2D eigenvalue weighted by molar-refractivity contribution is -0.110. The van der Waals surface area contributed by atoms with Crippen molar-refractivity contribution in [3.63, 3.8) is 0 Å². The Bertz CT molecular complexity index is 157. The van der Waals surface area contributed by atoms with Gasteiger partial charge >= 0.3 is 0 Å². The standard InChI is InChI=1S/C5H6ClNOS/c6-2-1-4-5(8)3-9-7-4/h1-3H2. The molecule has 0 aromatic heterocycles. The number of rotatable bonds is 2. The van der Waals surface area contributed by atoms with Crippen molar-refractivity contribution in [1.29, 1.82) is 0 Å². The molecule has 9 heavy (non-hydrogen) atoms. The van der Waals surface area contributed by atoms with Crippen molar-refractivity contribution in [3.05, 3.63) is 0 Å². The first kappa shape index (κ1) is 7.09. The summed E-state index contributed by atoms with van der Waals surface area (Å²) in [6.07, 6.45) is 0.618. The Labute approximate surface area is 62.8 Å². The summed E-state index contributed by atoms with van der Waals surface area (Å²) >= 11 is 6.71. The van der Waals surface area contributed by atoms with Gasteiger partial charge in [-0.3, -0.25) is 4.79 Å². The molecule has 0 aromatic rings. The highest BCUT2D eigenvalue weighted by molar-refractivity contribution is 7.99. The molecule has 0 bridgehead atoms. The van der Waals surface area contributed by atoms with Crippen molar-refractivity contribution < 1.29 is 4.79 Å². The average molecular weight is 164 g/mol. The number of Topliss-reactive ketones (excluding diaryl/α,β-unsaturated/α-hetero) is 1. The minimum atomic E-state index is 0.139. The SMILES string of the molecule is O=C1CSN=C1CCCl. The van der Waals surface area contributed by atoms with E-state index in [4.69, 9.17) is 11.6 Å². The van der Waals surface area contributed by atoms with E-state index >= 15 is 0 Å². The topological polar surface area (TPSA) is 29.4 Å². The fraction of sp³-hybridized carbons (Fsp3) is 0.600. The van der Waals surface area contributed by atoms with E-state index in [1.165, 1.54) is 11.9 Å². The fourth-order valence-electron chi connectivity index (χ4n) is 0.578. The number of carbonyl (C=O) groups excluding carboxylic acids is 1. The van der Waals surface area contributed by atoms with E-state index in [1.807, 2.05) is 0 Å². The number of alkyl halides is 1. The first-order valence-corrected chi connectivity index (χ1v) is 4.10. The molecule has 0 saturated carbocycles. The minimum Gasteiger partial charge on any atom is -0.292 e. The average Bonchev–Trinajstić information content (AvgIpc) is 2.18. The van der Waals surface area contributed by atoms with E-state index < -0.39 is 0 Å². The zero-order valence-corrected chi connectivity index (χ0v) is 6.34. The van der Waals surface area contributed by atoms with E-state index in [9.17, 15) is 4.79 Å². The Morgan fingerprint density at radius 3 is 3.00 bits per heavy atom. The third kappa shape index (κ3) is 1.69. The van der Waals surface area contributed by atoms with Crippen molar-refractivity contribution in [2.75, 3.05) is 11.6 Å². The second-order valence-electron chi connectivity index (χ2n) is 1.67. The highest BCUT2D eigenvalue weighted by atomic mass is 35.5. The summed E-state index contributed by atoms with van der Waals surface area (Å²) in [5, 5.41) is 0. The second kappa shape index (κ2) is 3.22. The Balaban J connectivity index is 2.47. The van der Waals surface area contributed by atoms with Crippen LogP contribution in [0.1, 0.15) is 6.42 Å². The highest BCUT2D eigenvalue weighted by Gasteiger charge is 2.16. The summed E-state index contributed by atoms with van der Waals surface area (Å²) in [6, 6.07) is 0. The molecule has 0 aromatic carbocycles. The Morgan fingerprint density at radius 1 is 1.78 bits per heavy atom. The zero-order chi connectivity index (χ0) is 6.69. The van der Waals surface area contributed by atoms with Gasteiger partial charge in [-0.25, -0.2) is 4.40 Å². The molecule has 4 heteroatoms. The van der Waals surface area contributed by atoms with Crippen LogP contribution in [0.2, 0.25) is 0 Å². The van der Waals surface area contributed by atoms with Gasteiger partial charge in [-0.2, -0.15) is 0 Å². The van der Waals surface area contributed by atoms with Gasteiger partial charge in [-0.05, 0) is 11.9 Å². The van der Waals surface area contributed by atoms with E-state index in [0.717, 1.165) is 0 Å². The molecule has 0 aliphatic carbocycles. The summed E-state index contributed by atoms with van der Waals surface area (Å²) in [5.41, 5.74) is 0.648. The molecule has 0 amide bonds. The predicted molar refractivity (Wildman–Crippen MR) is 40.2 cm³/mol. The van der Waals surface area contributed by atoms with Gasteiger partial charge in [0.15, 0.2) is 5.78 Å². The second-order valence-corrected chi connectivity index (χ2v) is 2.78. The van der Waals surface area contributed by atoms with Gasteiger partial charge in [0, 0.05) is 12.3 Å². The molecule has 0 atom stereocenters. The Morgan fingerprint density at radius 2 is 2.56 bits per heavy atom. The maximum atomic E-state index is 10.8. The molecule has 0 N–H and O–H groups in total. The van der Waals surface area contributed by atoms with Gasteiger partial charge in [-0.1, -0.05) is 0 Å². The molecule has 0 radical (unpaired) electrons. The van der Waals surface area contributed by atoms with Crippen LogP contribution in [0.3, 0.4) is 0 Å². The third-order valence-electron chi connectivity index (χ3n) is 1.02. The van der Waals surface area contributed by atoms with Crippen molar-refractivity contribution in [2.45, 2.75) is 6.42 Å². The van der Waals surface area contributed by atoms with E-state index in [0.29, 0.717) is 23.8 Å². The normalized spacial score (nSPS) is 18.3. The molecule has 1 heterocycles. The van der Waals surface area contributed by atoms with Gasteiger partial charge in [0.05, 0.1) is 11.5 Å². The van der Waals surface area contributed by atoms with Crippen LogP contribution in [0.5, 0.6) is 0 Å². The van der Waals surface area contributed by atoms with E-state index in [2.05, 4.69) is 4.40 Å². The zero-order valence-electron chi connectivity index (χ0n) is 4.76. The lowest BCUT2D eigenvalue weighted by Gasteiger charge is -1.88. The van der Waals surface area contributed by atoms with Crippen molar-refractivity contribution in [2.24, 2.45) is 4.40 Å². The smallest absolute Gasteiger partial charge is 0.189 e. The predicted octanol–water partition coefficient (Wildman–Crippen LogP) is 1.29. The molecule has 1 rings (SSSR count). The highest BCUT2D eigenvalue weighted by Crippen LogP contribution is 2.13. The van der Waals surface area contributed by atoms with Crippen LogP contribution in [0.15, 0.2) is 4.40 Å². The largest absolute Gasteiger partial charge is 0.292 e. The molecule has 0 saturated heterocycles. The molecule has 0 fully saturated rings. The summed E-state index contributed by atoms with van der Waals surface area (Å²) < 4.78 is 3.91. The summed E-state index contributed by atoms with van der Waals surface area (Å²) in [7, 11) is 0. The molecule has 2 nitrogen and oxygen atoms in total. The Hall–Kier alpha value is -0.0200. The summed E-state index contributed by atoms with van der Waals surface area (Å²) in [4.78, 5) is 10.8. The van der Waals surface area contributed by atoms with Crippen LogP contribution in [0.4, 0.5) is 0 Å². The molecule has 50 valence electrons. The summed E-state index contributed by atoms with van der Waals surface area (Å²) in [6.45, 7) is 0. The van der Waals surface area contributed by atoms with Crippen LogP contribution in [-0.4, -0.2) is 23.1 Å². The number of hydrogen-bond donors (Lipinski definition) is 0. The molecule has 0 spiro atoms. The van der Waals surface area contributed by atoms with E-state index in [-0.39, 0.29) is 5.78 Å². The third-order valence-corrected chi connectivity index (χ3v) is 1.95. The van der Waals surface area contributed by atoms with Crippen molar-refractivity contribution in [3.8, 4) is 0 Å². The van der Waals surface area contributed by atoms with Crippen molar-refractivity contribution >= 4 is 35.0 Å². The maximum Gasteiger partial charge on any atom is 0.189 e. The number of ketones is 1. The van der Waals surface area contributed by atoms with E-state index in [1.54, 1.807) is 0 Å². The number of nitrogens with zero attached hydrogens (tertiary/aromatic N) is 1. The maximum absolute atomic E-state index is 10.8. The van der Waals surface area contributed by atoms with Gasteiger partial charge in [-0.15, -0.1) is 11.6 Å². The molecular weight excluding hydrogens is 158 g/mol. The summed E-state index contributed by atoms with van der Waals surface area (Å²) in [5.74, 6) is 1.14. The molecule has 1 aliphatic rings. The number of carbonyl (C=O) groups is 1. The lowest BCUT2D eigenvalue weighted by Crippen LogP contribution is -2.10. The van der Waals surface area contributed by atoms with Gasteiger partial charge in [0.1, 0.15) is 0 Å². The molecular formula is C5H6ClNOS. The lowest BCUT2D eigenvalue weighted by atomic mass is 10.2. The fourth-order valence-corrected chi connectivity index (χ4v) is 1.45. The van der Waals surface area contributed by atoms with Crippen molar-refractivity contribution in [1.82, 2.24) is 0 Å². The Kier molecular flexibility index (Phi) is 2.54. The van der Waals surface area contributed by atoms with Crippen LogP contribution >= 0.6 is 23.5 Å². The number of halogens is 1. The first-order valence-electron chi connectivity index (χ1n) is 2.62.